The molecule has 116 valence electrons. The Hall–Kier alpha value is -2.44. The van der Waals surface area contributed by atoms with Gasteiger partial charge >= 0.3 is 0 Å². The van der Waals surface area contributed by atoms with Crippen molar-refractivity contribution in [2.75, 3.05) is 5.32 Å². The predicted octanol–water partition coefficient (Wildman–Crippen LogP) is 2.74. The number of benzene rings is 2. The van der Waals surface area contributed by atoms with E-state index in [2.05, 4.69) is 15.6 Å². The Kier molecular flexibility index (Phi) is 4.27. The molecule has 0 saturated heterocycles. The van der Waals surface area contributed by atoms with Crippen LogP contribution in [0.1, 0.15) is 0 Å². The van der Waals surface area contributed by atoms with Crippen LogP contribution in [0, 0.1) is 0 Å². The Labute approximate surface area is 140 Å². The first-order valence-corrected chi connectivity index (χ1v) is 7.37. The van der Waals surface area contributed by atoms with Gasteiger partial charge in [-0.25, -0.2) is 4.68 Å². The summed E-state index contributed by atoms with van der Waals surface area (Å²) in [6.45, 7) is -0.263. The maximum atomic E-state index is 12.3. The summed E-state index contributed by atoms with van der Waals surface area (Å²) in [6, 6.07) is 11.5. The molecular formula is C15H10Cl2N4O2. The molecule has 0 spiro atoms. The average molecular weight is 349 g/mol. The molecule has 0 aliphatic rings. The number of fused-ring (bicyclic) bond motifs is 1. The minimum Gasteiger partial charge on any atom is -0.324 e. The van der Waals surface area contributed by atoms with Crippen molar-refractivity contribution in [3.05, 3.63) is 62.9 Å². The molecule has 0 atom stereocenters. The van der Waals surface area contributed by atoms with Gasteiger partial charge in [-0.3, -0.25) is 9.59 Å². The molecule has 8 heteroatoms. The number of anilines is 1. The SMILES string of the molecule is O=C(Cn1nnc2ccccc2c1=O)Nc1cc(Cl)cc(Cl)c1. The summed E-state index contributed by atoms with van der Waals surface area (Å²) in [6.07, 6.45) is 0. The number of rotatable bonds is 3. The predicted molar refractivity (Wildman–Crippen MR) is 88.9 cm³/mol. The van der Waals surface area contributed by atoms with Crippen LogP contribution in [0.4, 0.5) is 5.69 Å². The second-order valence-corrected chi connectivity index (χ2v) is 5.65. The second-order valence-electron chi connectivity index (χ2n) is 4.78. The van der Waals surface area contributed by atoms with Crippen LogP contribution >= 0.6 is 23.2 Å². The van der Waals surface area contributed by atoms with Gasteiger partial charge in [0.1, 0.15) is 12.1 Å². The number of carbonyl (C=O) groups excluding carboxylic acids is 1. The Balaban J connectivity index is 1.83. The minimum absolute atomic E-state index is 0.263. The van der Waals surface area contributed by atoms with E-state index < -0.39 is 5.91 Å². The average Bonchev–Trinajstić information content (AvgIpc) is 2.49. The third-order valence-corrected chi connectivity index (χ3v) is 3.51. The molecule has 1 amide bonds. The van der Waals surface area contributed by atoms with Gasteiger partial charge in [0.2, 0.25) is 5.91 Å². The Morgan fingerprint density at radius 1 is 1.13 bits per heavy atom. The van der Waals surface area contributed by atoms with E-state index in [9.17, 15) is 9.59 Å². The maximum absolute atomic E-state index is 12.3. The summed E-state index contributed by atoms with van der Waals surface area (Å²) in [7, 11) is 0. The molecule has 0 aliphatic heterocycles. The molecule has 1 heterocycles. The molecule has 0 aliphatic carbocycles. The lowest BCUT2D eigenvalue weighted by Gasteiger charge is -2.07. The van der Waals surface area contributed by atoms with Gasteiger partial charge in [-0.2, -0.15) is 0 Å². The van der Waals surface area contributed by atoms with Crippen molar-refractivity contribution in [1.82, 2.24) is 15.0 Å². The van der Waals surface area contributed by atoms with Gasteiger partial charge in [0.05, 0.1) is 5.39 Å². The lowest BCUT2D eigenvalue weighted by molar-refractivity contribution is -0.117. The monoisotopic (exact) mass is 348 g/mol. The van der Waals surface area contributed by atoms with Gasteiger partial charge in [0.25, 0.3) is 5.56 Å². The summed E-state index contributed by atoms with van der Waals surface area (Å²) in [5.41, 5.74) is 0.542. The van der Waals surface area contributed by atoms with Crippen LogP contribution in [0.25, 0.3) is 10.9 Å². The lowest BCUT2D eigenvalue weighted by Crippen LogP contribution is -2.30. The number of nitrogens with zero attached hydrogens (tertiary/aromatic N) is 3. The highest BCUT2D eigenvalue weighted by Gasteiger charge is 2.10. The van der Waals surface area contributed by atoms with Gasteiger partial charge in [0.15, 0.2) is 0 Å². The number of hydrogen-bond donors (Lipinski definition) is 1. The molecule has 1 N–H and O–H groups in total. The molecule has 0 radical (unpaired) electrons. The fourth-order valence-electron chi connectivity index (χ4n) is 2.09. The molecule has 3 aromatic rings. The number of amides is 1. The summed E-state index contributed by atoms with van der Waals surface area (Å²) < 4.78 is 1.00. The maximum Gasteiger partial charge on any atom is 0.278 e. The smallest absolute Gasteiger partial charge is 0.278 e. The number of aromatic nitrogens is 3. The van der Waals surface area contributed by atoms with Crippen molar-refractivity contribution in [2.45, 2.75) is 6.54 Å². The normalized spacial score (nSPS) is 10.7. The first kappa shape index (κ1) is 15.5. The van der Waals surface area contributed by atoms with Crippen molar-refractivity contribution in [3.8, 4) is 0 Å². The molecule has 0 fully saturated rings. The fraction of sp³-hybridized carbons (Fsp3) is 0.0667. The molecule has 0 bridgehead atoms. The van der Waals surface area contributed by atoms with Crippen LogP contribution < -0.4 is 10.9 Å². The summed E-state index contributed by atoms with van der Waals surface area (Å²) in [5, 5.41) is 11.5. The number of nitrogens with one attached hydrogen (secondary N) is 1. The van der Waals surface area contributed by atoms with Crippen LogP contribution in [0.3, 0.4) is 0 Å². The van der Waals surface area contributed by atoms with Crippen molar-refractivity contribution in [3.63, 3.8) is 0 Å². The standard InChI is InChI=1S/C15H10Cl2N4O2/c16-9-5-10(17)7-11(6-9)18-14(22)8-21-15(23)12-3-1-2-4-13(12)19-20-21/h1-7H,8H2,(H,18,22). The molecule has 1 aromatic heterocycles. The van der Waals surface area contributed by atoms with Gasteiger partial charge < -0.3 is 5.32 Å². The Morgan fingerprint density at radius 2 is 1.83 bits per heavy atom. The van der Waals surface area contributed by atoms with Crippen LogP contribution in [0.2, 0.25) is 10.0 Å². The van der Waals surface area contributed by atoms with Crippen LogP contribution in [-0.4, -0.2) is 20.9 Å². The second kappa shape index (κ2) is 6.36. The van der Waals surface area contributed by atoms with Crippen molar-refractivity contribution in [2.24, 2.45) is 0 Å². The van der Waals surface area contributed by atoms with E-state index in [-0.39, 0.29) is 12.1 Å². The quantitative estimate of drug-likeness (QED) is 0.789. The van der Waals surface area contributed by atoms with E-state index in [1.807, 2.05) is 0 Å². The van der Waals surface area contributed by atoms with Crippen molar-refractivity contribution >= 4 is 45.7 Å². The zero-order valence-corrected chi connectivity index (χ0v) is 13.2. The first-order valence-electron chi connectivity index (χ1n) is 6.61. The van der Waals surface area contributed by atoms with Crippen molar-refractivity contribution < 1.29 is 4.79 Å². The summed E-state index contributed by atoms with van der Waals surface area (Å²) in [4.78, 5) is 24.3. The van der Waals surface area contributed by atoms with Crippen LogP contribution in [0.5, 0.6) is 0 Å². The van der Waals surface area contributed by atoms with E-state index in [4.69, 9.17) is 23.2 Å². The van der Waals surface area contributed by atoms with Crippen molar-refractivity contribution in [1.29, 1.82) is 0 Å². The minimum atomic E-state index is -0.435. The molecule has 0 unspecified atom stereocenters. The van der Waals surface area contributed by atoms with E-state index in [1.165, 1.54) is 0 Å². The molecule has 6 nitrogen and oxygen atoms in total. The third kappa shape index (κ3) is 3.49. The molecule has 3 rings (SSSR count). The highest BCUT2D eigenvalue weighted by atomic mass is 35.5. The topological polar surface area (TPSA) is 76.9 Å². The van der Waals surface area contributed by atoms with Gasteiger partial charge in [0, 0.05) is 15.7 Å². The third-order valence-electron chi connectivity index (χ3n) is 3.07. The number of hydrogen-bond acceptors (Lipinski definition) is 4. The van der Waals surface area contributed by atoms with Gasteiger partial charge in [-0.05, 0) is 30.3 Å². The molecule has 0 saturated carbocycles. The zero-order chi connectivity index (χ0) is 16.4. The van der Waals surface area contributed by atoms with E-state index in [1.54, 1.807) is 42.5 Å². The van der Waals surface area contributed by atoms with E-state index >= 15 is 0 Å². The van der Waals surface area contributed by atoms with Crippen LogP contribution in [0.15, 0.2) is 47.3 Å². The first-order chi connectivity index (χ1) is 11.0. The summed E-state index contributed by atoms with van der Waals surface area (Å²) >= 11 is 11.7. The highest BCUT2D eigenvalue weighted by molar-refractivity contribution is 6.35. The fourth-order valence-corrected chi connectivity index (χ4v) is 2.62. The Bertz CT molecular complexity index is 935. The number of carbonyl (C=O) groups is 1. The molecule has 2 aromatic carbocycles. The molecule has 23 heavy (non-hydrogen) atoms. The van der Waals surface area contributed by atoms with Crippen LogP contribution in [-0.2, 0) is 11.3 Å². The van der Waals surface area contributed by atoms with E-state index in [0.29, 0.717) is 26.6 Å². The van der Waals surface area contributed by atoms with E-state index in [0.717, 1.165) is 4.68 Å². The largest absolute Gasteiger partial charge is 0.324 e. The highest BCUT2D eigenvalue weighted by Crippen LogP contribution is 2.22. The molecular weight excluding hydrogens is 339 g/mol. The summed E-state index contributed by atoms with van der Waals surface area (Å²) in [5.74, 6) is -0.435. The number of halogens is 2. The lowest BCUT2D eigenvalue weighted by atomic mass is 10.2. The van der Waals surface area contributed by atoms with Gasteiger partial charge in [-0.15, -0.1) is 5.10 Å². The van der Waals surface area contributed by atoms with Gasteiger partial charge in [-0.1, -0.05) is 40.5 Å². The Morgan fingerprint density at radius 3 is 2.57 bits per heavy atom. The zero-order valence-electron chi connectivity index (χ0n) is 11.7.